The van der Waals surface area contributed by atoms with E-state index in [1.807, 2.05) is 0 Å². The topological polar surface area (TPSA) is 95.6 Å². The Hall–Kier alpha value is -2.23. The number of thiophene rings is 1. The lowest BCUT2D eigenvalue weighted by Crippen LogP contribution is -2.41. The number of nitrogens with one attached hydrogen (secondary N) is 2. The Morgan fingerprint density at radius 3 is 2.54 bits per heavy atom. The summed E-state index contributed by atoms with van der Waals surface area (Å²) in [4.78, 5) is 25.7. The number of nitrogens with zero attached hydrogens (tertiary/aromatic N) is 1. The number of benzene rings is 1. The van der Waals surface area contributed by atoms with Gasteiger partial charge in [0.25, 0.3) is 10.0 Å². The molecular formula is C17H19N3O4S2. The molecule has 7 nitrogen and oxygen atoms in total. The van der Waals surface area contributed by atoms with Crippen molar-refractivity contribution < 1.29 is 18.0 Å². The van der Waals surface area contributed by atoms with Gasteiger partial charge >= 0.3 is 0 Å². The van der Waals surface area contributed by atoms with E-state index in [1.54, 1.807) is 40.6 Å². The van der Waals surface area contributed by atoms with E-state index >= 15 is 0 Å². The van der Waals surface area contributed by atoms with Crippen molar-refractivity contribution in [1.82, 2.24) is 4.72 Å². The molecule has 1 saturated heterocycles. The van der Waals surface area contributed by atoms with E-state index in [4.69, 9.17) is 0 Å². The van der Waals surface area contributed by atoms with Crippen LogP contribution in [0.3, 0.4) is 0 Å². The summed E-state index contributed by atoms with van der Waals surface area (Å²) in [5.41, 5.74) is 1.32. The van der Waals surface area contributed by atoms with E-state index < -0.39 is 22.0 Å². The van der Waals surface area contributed by atoms with Crippen molar-refractivity contribution in [3.63, 3.8) is 0 Å². The van der Waals surface area contributed by atoms with E-state index in [-0.39, 0.29) is 10.1 Å². The van der Waals surface area contributed by atoms with Crippen LogP contribution in [0.1, 0.15) is 19.8 Å². The van der Waals surface area contributed by atoms with Gasteiger partial charge in [-0.2, -0.15) is 4.72 Å². The van der Waals surface area contributed by atoms with Gasteiger partial charge in [0, 0.05) is 24.3 Å². The first kappa shape index (κ1) is 18.6. The molecule has 1 aromatic heterocycles. The average molecular weight is 393 g/mol. The highest BCUT2D eigenvalue weighted by atomic mass is 32.2. The number of anilines is 2. The molecule has 0 bridgehead atoms. The second-order valence-corrected chi connectivity index (χ2v) is 8.85. The third-order valence-corrected chi connectivity index (χ3v) is 6.94. The second-order valence-electron chi connectivity index (χ2n) is 5.96. The van der Waals surface area contributed by atoms with E-state index in [1.165, 1.54) is 13.0 Å². The Kier molecular flexibility index (Phi) is 5.40. The maximum atomic E-state index is 12.3. The van der Waals surface area contributed by atoms with Crippen LogP contribution in [0.15, 0.2) is 46.0 Å². The molecule has 1 aliphatic heterocycles. The van der Waals surface area contributed by atoms with E-state index in [9.17, 15) is 18.0 Å². The predicted octanol–water partition coefficient (Wildman–Crippen LogP) is 2.18. The molecule has 0 spiro atoms. The lowest BCUT2D eigenvalue weighted by atomic mass is 10.2. The van der Waals surface area contributed by atoms with Crippen molar-refractivity contribution in [2.75, 3.05) is 16.8 Å². The molecule has 2 aromatic rings. The Labute approximate surface area is 156 Å². The third-order valence-electron chi connectivity index (χ3n) is 4.01. The third kappa shape index (κ3) is 4.12. The highest BCUT2D eigenvalue weighted by Crippen LogP contribution is 2.23. The van der Waals surface area contributed by atoms with Crippen molar-refractivity contribution in [3.8, 4) is 0 Å². The summed E-state index contributed by atoms with van der Waals surface area (Å²) in [7, 11) is -3.71. The maximum Gasteiger partial charge on any atom is 0.250 e. The van der Waals surface area contributed by atoms with Crippen molar-refractivity contribution >= 4 is 44.5 Å². The first-order valence-corrected chi connectivity index (χ1v) is 10.5. The largest absolute Gasteiger partial charge is 0.325 e. The van der Waals surface area contributed by atoms with Crippen LogP contribution in [0.2, 0.25) is 0 Å². The standard InChI is InChI=1S/C17H19N3O4S2/c1-12(19-26(23,24)16-5-3-11-25-16)17(22)18-13-6-8-14(9-7-13)20-10-2-4-15(20)21/h3,5-9,11-12,19H,2,4,10H2,1H3,(H,18,22). The van der Waals surface area contributed by atoms with Gasteiger partial charge in [-0.15, -0.1) is 11.3 Å². The van der Waals surface area contributed by atoms with Crippen molar-refractivity contribution in [2.24, 2.45) is 0 Å². The summed E-state index contributed by atoms with van der Waals surface area (Å²) in [5.74, 6) is -0.367. The zero-order valence-electron chi connectivity index (χ0n) is 14.1. The molecule has 2 amide bonds. The molecule has 0 radical (unpaired) electrons. The highest BCUT2D eigenvalue weighted by Gasteiger charge is 2.24. The fourth-order valence-corrected chi connectivity index (χ4v) is 4.87. The summed E-state index contributed by atoms with van der Waals surface area (Å²) in [6.07, 6.45) is 1.40. The first-order chi connectivity index (χ1) is 12.4. The van der Waals surface area contributed by atoms with Crippen molar-refractivity contribution in [1.29, 1.82) is 0 Å². The lowest BCUT2D eigenvalue weighted by molar-refractivity contribution is -0.118. The summed E-state index contributed by atoms with van der Waals surface area (Å²) in [5, 5.41) is 4.33. The van der Waals surface area contributed by atoms with Gasteiger partial charge in [-0.3, -0.25) is 9.59 Å². The Bertz CT molecular complexity index is 893. The van der Waals surface area contributed by atoms with Crippen LogP contribution in [0.4, 0.5) is 11.4 Å². The van der Waals surface area contributed by atoms with E-state index in [0.29, 0.717) is 18.7 Å². The minimum Gasteiger partial charge on any atom is -0.325 e. The fraction of sp³-hybridized carbons (Fsp3) is 0.294. The Morgan fingerprint density at radius 2 is 1.96 bits per heavy atom. The van der Waals surface area contributed by atoms with E-state index in [2.05, 4.69) is 10.0 Å². The Morgan fingerprint density at radius 1 is 1.23 bits per heavy atom. The molecule has 26 heavy (non-hydrogen) atoms. The second kappa shape index (κ2) is 7.56. The van der Waals surface area contributed by atoms with Gasteiger partial charge < -0.3 is 10.2 Å². The lowest BCUT2D eigenvalue weighted by Gasteiger charge is -2.17. The summed E-state index contributed by atoms with van der Waals surface area (Å²) >= 11 is 1.09. The Balaban J connectivity index is 1.61. The molecule has 2 heterocycles. The van der Waals surface area contributed by atoms with Gasteiger partial charge in [0.05, 0.1) is 6.04 Å². The van der Waals surface area contributed by atoms with Crippen LogP contribution in [-0.4, -0.2) is 32.8 Å². The number of hydrogen-bond donors (Lipinski definition) is 2. The van der Waals surface area contributed by atoms with Crippen molar-refractivity contribution in [2.45, 2.75) is 30.0 Å². The fourth-order valence-electron chi connectivity index (χ4n) is 2.66. The molecule has 3 rings (SSSR count). The molecule has 1 unspecified atom stereocenters. The number of hydrogen-bond acceptors (Lipinski definition) is 5. The van der Waals surface area contributed by atoms with Crippen LogP contribution in [0, 0.1) is 0 Å². The van der Waals surface area contributed by atoms with Gasteiger partial charge in [-0.25, -0.2) is 8.42 Å². The van der Waals surface area contributed by atoms with E-state index in [0.717, 1.165) is 23.4 Å². The van der Waals surface area contributed by atoms with Crippen LogP contribution in [-0.2, 0) is 19.6 Å². The summed E-state index contributed by atoms with van der Waals surface area (Å²) in [6, 6.07) is 9.10. The molecule has 9 heteroatoms. The van der Waals surface area contributed by atoms with Crippen LogP contribution < -0.4 is 14.9 Å². The number of sulfonamides is 1. The first-order valence-electron chi connectivity index (χ1n) is 8.14. The summed E-state index contributed by atoms with van der Waals surface area (Å²) < 4.78 is 26.9. The van der Waals surface area contributed by atoms with Gasteiger partial charge in [-0.1, -0.05) is 6.07 Å². The van der Waals surface area contributed by atoms with Crippen LogP contribution in [0.25, 0.3) is 0 Å². The molecule has 1 atom stereocenters. The smallest absolute Gasteiger partial charge is 0.250 e. The number of carbonyl (C=O) groups is 2. The number of amides is 2. The van der Waals surface area contributed by atoms with Crippen molar-refractivity contribution in [3.05, 3.63) is 41.8 Å². The van der Waals surface area contributed by atoms with Gasteiger partial charge in [0.15, 0.2) is 0 Å². The minimum absolute atomic E-state index is 0.0957. The molecule has 138 valence electrons. The SMILES string of the molecule is CC(NS(=O)(=O)c1cccs1)C(=O)Nc1ccc(N2CCCC2=O)cc1. The maximum absolute atomic E-state index is 12.3. The highest BCUT2D eigenvalue weighted by molar-refractivity contribution is 7.91. The monoisotopic (exact) mass is 393 g/mol. The van der Waals surface area contributed by atoms with Gasteiger partial charge in [0.2, 0.25) is 11.8 Å². The van der Waals surface area contributed by atoms with Gasteiger partial charge in [0.1, 0.15) is 4.21 Å². The molecule has 1 aliphatic rings. The van der Waals surface area contributed by atoms with Gasteiger partial charge in [-0.05, 0) is 49.1 Å². The molecule has 1 fully saturated rings. The molecule has 2 N–H and O–H groups in total. The quantitative estimate of drug-likeness (QED) is 0.786. The molecular weight excluding hydrogens is 374 g/mol. The normalized spacial score (nSPS) is 15.9. The zero-order valence-corrected chi connectivity index (χ0v) is 15.8. The number of carbonyl (C=O) groups excluding carboxylic acids is 2. The molecule has 1 aromatic carbocycles. The van der Waals surface area contributed by atoms with Crippen LogP contribution in [0.5, 0.6) is 0 Å². The molecule has 0 saturated carbocycles. The summed E-state index contributed by atoms with van der Waals surface area (Å²) in [6.45, 7) is 2.18. The number of rotatable bonds is 6. The molecule has 0 aliphatic carbocycles. The minimum atomic E-state index is -3.71. The predicted molar refractivity (Wildman–Crippen MR) is 101 cm³/mol. The zero-order chi connectivity index (χ0) is 18.7. The van der Waals surface area contributed by atoms with Crippen LogP contribution >= 0.6 is 11.3 Å². The average Bonchev–Trinajstić information content (AvgIpc) is 3.27.